The molecular weight excluding hydrogens is 410 g/mol. The van der Waals surface area contributed by atoms with Crippen molar-refractivity contribution in [2.75, 3.05) is 26.1 Å². The second-order valence-corrected chi connectivity index (χ2v) is 6.93. The summed E-state index contributed by atoms with van der Waals surface area (Å²) in [5, 5.41) is 5.43. The summed E-state index contributed by atoms with van der Waals surface area (Å²) in [5.74, 6) is -0.277. The third-order valence-electron chi connectivity index (χ3n) is 4.37. The number of methoxy groups -OCH3 is 2. The molecule has 30 heavy (non-hydrogen) atoms. The molecule has 0 unspecified atom stereocenters. The van der Waals surface area contributed by atoms with Crippen LogP contribution in [0.2, 0.25) is 5.02 Å². The van der Waals surface area contributed by atoms with Crippen LogP contribution in [-0.2, 0) is 9.59 Å². The molecule has 3 rings (SSSR count). The number of nitrogens with zero attached hydrogens (tertiary/aromatic N) is 1. The minimum absolute atomic E-state index is 0.00234. The summed E-state index contributed by atoms with van der Waals surface area (Å²) in [6.45, 7) is 1.47. The van der Waals surface area contributed by atoms with Crippen LogP contribution in [0, 0.1) is 6.92 Å². The van der Waals surface area contributed by atoms with Crippen LogP contribution in [0.4, 0.5) is 10.5 Å². The van der Waals surface area contributed by atoms with Gasteiger partial charge in [0.25, 0.3) is 5.91 Å². The van der Waals surface area contributed by atoms with E-state index in [4.69, 9.17) is 21.1 Å². The van der Waals surface area contributed by atoms with Gasteiger partial charge in [0.05, 0.1) is 19.2 Å². The van der Waals surface area contributed by atoms with Crippen molar-refractivity contribution in [1.82, 2.24) is 10.2 Å². The molecule has 4 amide bonds. The van der Waals surface area contributed by atoms with E-state index < -0.39 is 24.4 Å². The van der Waals surface area contributed by atoms with Crippen LogP contribution in [0.3, 0.4) is 0 Å². The summed E-state index contributed by atoms with van der Waals surface area (Å²) in [7, 11) is 2.95. The maximum Gasteiger partial charge on any atom is 0.329 e. The molecule has 2 N–H and O–H groups in total. The lowest BCUT2D eigenvalue weighted by Gasteiger charge is -2.12. The number of carbonyl (C=O) groups excluding carboxylic acids is 3. The molecule has 8 nitrogen and oxygen atoms in total. The van der Waals surface area contributed by atoms with Gasteiger partial charge in [-0.1, -0.05) is 23.7 Å². The first-order chi connectivity index (χ1) is 14.3. The van der Waals surface area contributed by atoms with Gasteiger partial charge in [0.15, 0.2) is 11.5 Å². The highest BCUT2D eigenvalue weighted by atomic mass is 35.5. The van der Waals surface area contributed by atoms with Crippen LogP contribution in [0.1, 0.15) is 11.1 Å². The van der Waals surface area contributed by atoms with Crippen molar-refractivity contribution >= 4 is 41.2 Å². The van der Waals surface area contributed by atoms with Gasteiger partial charge in [-0.25, -0.2) is 9.69 Å². The fraction of sp³-hybridized carbons (Fsp3) is 0.190. The van der Waals surface area contributed by atoms with Crippen molar-refractivity contribution < 1.29 is 23.9 Å². The number of urea groups is 1. The van der Waals surface area contributed by atoms with Crippen LogP contribution in [-0.4, -0.2) is 43.5 Å². The van der Waals surface area contributed by atoms with Gasteiger partial charge in [0.2, 0.25) is 5.91 Å². The predicted octanol–water partition coefficient (Wildman–Crippen LogP) is 3.20. The van der Waals surface area contributed by atoms with Gasteiger partial charge in [0.1, 0.15) is 12.2 Å². The van der Waals surface area contributed by atoms with Crippen LogP contribution >= 0.6 is 11.6 Å². The lowest BCUT2D eigenvalue weighted by molar-refractivity contribution is -0.127. The first kappa shape index (κ1) is 21.2. The maximum atomic E-state index is 12.6. The van der Waals surface area contributed by atoms with E-state index in [0.29, 0.717) is 27.8 Å². The van der Waals surface area contributed by atoms with Crippen LogP contribution in [0.15, 0.2) is 42.1 Å². The van der Waals surface area contributed by atoms with Crippen LogP contribution < -0.4 is 20.1 Å². The molecule has 0 atom stereocenters. The zero-order chi connectivity index (χ0) is 21.8. The van der Waals surface area contributed by atoms with E-state index >= 15 is 0 Å². The standard InChI is InChI=1S/C21H20ClN3O5/c1-12-5-4-6-14(7-12)23-19(26)11-25-20(27)16(24-21(25)28)8-13-9-17(29-2)18(30-3)10-15(13)22/h4-10H,11H2,1-3H3,(H,23,26)(H,24,28)/b16-8+. The second kappa shape index (κ2) is 8.87. The van der Waals surface area contributed by atoms with E-state index in [1.807, 2.05) is 13.0 Å². The SMILES string of the molecule is COc1cc(Cl)c(/C=C2/NC(=O)N(CC(=O)Nc3cccc(C)c3)C2=O)cc1OC. The Morgan fingerprint density at radius 1 is 1.17 bits per heavy atom. The molecule has 0 spiro atoms. The molecule has 9 heteroatoms. The van der Waals surface area contributed by atoms with Gasteiger partial charge < -0.3 is 20.1 Å². The Hall–Kier alpha value is -3.52. The Balaban J connectivity index is 1.77. The first-order valence-electron chi connectivity index (χ1n) is 8.95. The Labute approximate surface area is 178 Å². The molecule has 156 valence electrons. The number of carbonyl (C=O) groups is 3. The topological polar surface area (TPSA) is 97.0 Å². The van der Waals surface area contributed by atoms with E-state index in [2.05, 4.69) is 10.6 Å². The molecule has 0 saturated carbocycles. The van der Waals surface area contributed by atoms with Crippen molar-refractivity contribution in [3.63, 3.8) is 0 Å². The lowest BCUT2D eigenvalue weighted by atomic mass is 10.1. The van der Waals surface area contributed by atoms with Gasteiger partial charge >= 0.3 is 6.03 Å². The zero-order valence-electron chi connectivity index (χ0n) is 16.6. The summed E-state index contributed by atoms with van der Waals surface area (Å²) in [4.78, 5) is 38.0. The Morgan fingerprint density at radius 2 is 1.87 bits per heavy atom. The molecule has 0 bridgehead atoms. The Morgan fingerprint density at radius 3 is 2.53 bits per heavy atom. The fourth-order valence-electron chi connectivity index (χ4n) is 2.92. The number of aryl methyl sites for hydroxylation is 1. The molecule has 1 aliphatic rings. The van der Waals surface area contributed by atoms with E-state index in [1.165, 1.54) is 20.3 Å². The first-order valence-corrected chi connectivity index (χ1v) is 9.32. The number of anilines is 1. The number of imide groups is 1. The molecule has 1 fully saturated rings. The summed E-state index contributed by atoms with van der Waals surface area (Å²) in [5.41, 5.74) is 2.00. The minimum atomic E-state index is -0.692. The quantitative estimate of drug-likeness (QED) is 0.543. The van der Waals surface area contributed by atoms with Crippen molar-refractivity contribution in [1.29, 1.82) is 0 Å². The van der Waals surface area contributed by atoms with Gasteiger partial charge in [-0.15, -0.1) is 0 Å². The highest BCUT2D eigenvalue weighted by molar-refractivity contribution is 6.32. The summed E-state index contributed by atoms with van der Waals surface area (Å²) in [6, 6.07) is 9.63. The smallest absolute Gasteiger partial charge is 0.329 e. The highest BCUT2D eigenvalue weighted by Crippen LogP contribution is 2.34. The average Bonchev–Trinajstić information content (AvgIpc) is 2.96. The van der Waals surface area contributed by atoms with Gasteiger partial charge in [-0.05, 0) is 42.3 Å². The summed E-state index contributed by atoms with van der Waals surface area (Å²) >= 11 is 6.24. The molecule has 1 heterocycles. The summed E-state index contributed by atoms with van der Waals surface area (Å²) in [6.07, 6.45) is 1.42. The number of rotatable bonds is 6. The van der Waals surface area contributed by atoms with E-state index in [1.54, 1.807) is 30.3 Å². The van der Waals surface area contributed by atoms with E-state index in [9.17, 15) is 14.4 Å². The van der Waals surface area contributed by atoms with Gasteiger partial charge in [-0.2, -0.15) is 0 Å². The lowest BCUT2D eigenvalue weighted by Crippen LogP contribution is -2.38. The van der Waals surface area contributed by atoms with Crippen molar-refractivity contribution in [2.45, 2.75) is 6.92 Å². The summed E-state index contributed by atoms with van der Waals surface area (Å²) < 4.78 is 10.4. The second-order valence-electron chi connectivity index (χ2n) is 6.53. The molecule has 2 aromatic carbocycles. The number of amides is 4. The Kier molecular flexibility index (Phi) is 6.27. The predicted molar refractivity (Wildman–Crippen MR) is 113 cm³/mol. The number of hydrogen-bond donors (Lipinski definition) is 2. The third-order valence-corrected chi connectivity index (χ3v) is 4.70. The molecule has 1 aliphatic heterocycles. The molecule has 0 aromatic heterocycles. The largest absolute Gasteiger partial charge is 0.493 e. The number of ether oxygens (including phenoxy) is 2. The molecular formula is C21H20ClN3O5. The molecule has 2 aromatic rings. The number of halogens is 1. The van der Waals surface area contributed by atoms with Gasteiger partial charge in [0, 0.05) is 11.8 Å². The molecule has 0 radical (unpaired) electrons. The van der Waals surface area contributed by atoms with Crippen LogP contribution in [0.25, 0.3) is 6.08 Å². The average molecular weight is 430 g/mol. The number of nitrogens with one attached hydrogen (secondary N) is 2. The monoisotopic (exact) mass is 429 g/mol. The minimum Gasteiger partial charge on any atom is -0.493 e. The molecule has 1 saturated heterocycles. The fourth-order valence-corrected chi connectivity index (χ4v) is 3.13. The van der Waals surface area contributed by atoms with Crippen molar-refractivity contribution in [3.8, 4) is 11.5 Å². The van der Waals surface area contributed by atoms with E-state index in [-0.39, 0.29) is 5.70 Å². The zero-order valence-corrected chi connectivity index (χ0v) is 17.4. The highest BCUT2D eigenvalue weighted by Gasteiger charge is 2.35. The van der Waals surface area contributed by atoms with Crippen molar-refractivity contribution in [2.24, 2.45) is 0 Å². The van der Waals surface area contributed by atoms with Crippen molar-refractivity contribution in [3.05, 3.63) is 58.2 Å². The molecule has 0 aliphatic carbocycles. The third kappa shape index (κ3) is 4.55. The van der Waals surface area contributed by atoms with Crippen LogP contribution in [0.5, 0.6) is 11.5 Å². The normalized spacial score (nSPS) is 14.7. The Bertz CT molecular complexity index is 1050. The maximum absolute atomic E-state index is 12.6. The number of benzene rings is 2. The number of hydrogen-bond acceptors (Lipinski definition) is 5. The van der Waals surface area contributed by atoms with E-state index in [0.717, 1.165) is 10.5 Å². The van der Waals surface area contributed by atoms with Gasteiger partial charge in [-0.3, -0.25) is 9.59 Å².